The van der Waals surface area contributed by atoms with Crippen molar-refractivity contribution in [1.82, 2.24) is 0 Å². The summed E-state index contributed by atoms with van der Waals surface area (Å²) in [6.45, 7) is 0.690. The molecule has 1 aromatic carbocycles. The van der Waals surface area contributed by atoms with Crippen LogP contribution < -0.4 is 4.90 Å². The maximum Gasteiger partial charge on any atom is 0.117 e. The van der Waals surface area contributed by atoms with Gasteiger partial charge in [-0.05, 0) is 12.1 Å². The molecule has 3 nitrogen and oxygen atoms in total. The molecule has 0 heterocycles. The third kappa shape index (κ3) is 2.13. The van der Waals surface area contributed by atoms with Crippen molar-refractivity contribution in [2.75, 3.05) is 25.1 Å². The number of hydrogen-bond acceptors (Lipinski definition) is 3. The van der Waals surface area contributed by atoms with Crippen molar-refractivity contribution in [2.24, 2.45) is 0 Å². The molecule has 0 unspecified atom stereocenters. The molecular weight excluding hydrogens is 154 g/mol. The van der Waals surface area contributed by atoms with Crippen LogP contribution >= 0.6 is 0 Å². The Labute approximate surface area is 71.9 Å². The van der Waals surface area contributed by atoms with Gasteiger partial charge >= 0.3 is 0 Å². The SMILES string of the molecule is CN(CCO)c1cccc(O)c1. The summed E-state index contributed by atoms with van der Waals surface area (Å²) in [5.74, 6) is 0.247. The lowest BCUT2D eigenvalue weighted by Crippen LogP contribution is -2.20. The van der Waals surface area contributed by atoms with Gasteiger partial charge in [-0.25, -0.2) is 0 Å². The van der Waals surface area contributed by atoms with Crippen LogP contribution in [0.4, 0.5) is 5.69 Å². The van der Waals surface area contributed by atoms with Gasteiger partial charge in [0, 0.05) is 25.3 Å². The van der Waals surface area contributed by atoms with Crippen LogP contribution in [0.1, 0.15) is 0 Å². The van der Waals surface area contributed by atoms with Gasteiger partial charge in [0.15, 0.2) is 0 Å². The minimum atomic E-state index is 0.117. The molecule has 2 N–H and O–H groups in total. The first-order valence-electron chi connectivity index (χ1n) is 3.85. The Morgan fingerprint density at radius 2 is 2.17 bits per heavy atom. The quantitative estimate of drug-likeness (QED) is 0.700. The third-order valence-corrected chi connectivity index (χ3v) is 1.71. The molecule has 0 spiro atoms. The van der Waals surface area contributed by atoms with Crippen LogP contribution in [0, 0.1) is 0 Å². The van der Waals surface area contributed by atoms with E-state index >= 15 is 0 Å². The van der Waals surface area contributed by atoms with Crippen LogP contribution in [0.25, 0.3) is 0 Å². The van der Waals surface area contributed by atoms with Crippen molar-refractivity contribution in [3.63, 3.8) is 0 Å². The highest BCUT2D eigenvalue weighted by molar-refractivity contribution is 5.49. The minimum absolute atomic E-state index is 0.117. The lowest BCUT2D eigenvalue weighted by Gasteiger charge is -2.17. The van der Waals surface area contributed by atoms with Crippen LogP contribution in [0.3, 0.4) is 0 Å². The van der Waals surface area contributed by atoms with E-state index in [1.165, 1.54) is 0 Å². The zero-order valence-corrected chi connectivity index (χ0v) is 7.07. The maximum atomic E-state index is 9.14. The smallest absolute Gasteiger partial charge is 0.117 e. The van der Waals surface area contributed by atoms with E-state index in [-0.39, 0.29) is 12.4 Å². The van der Waals surface area contributed by atoms with Crippen LogP contribution in [-0.4, -0.2) is 30.4 Å². The van der Waals surface area contributed by atoms with Crippen LogP contribution in [-0.2, 0) is 0 Å². The van der Waals surface area contributed by atoms with Gasteiger partial charge in [0.05, 0.1) is 6.61 Å². The molecule has 1 rings (SSSR count). The molecule has 0 radical (unpaired) electrons. The molecule has 0 amide bonds. The predicted molar refractivity (Wildman–Crippen MR) is 48.5 cm³/mol. The van der Waals surface area contributed by atoms with E-state index in [9.17, 15) is 0 Å². The molecule has 0 aliphatic carbocycles. The second-order valence-corrected chi connectivity index (χ2v) is 2.67. The predicted octanol–water partition coefficient (Wildman–Crippen LogP) is 0.821. The van der Waals surface area contributed by atoms with Gasteiger partial charge in [-0.15, -0.1) is 0 Å². The molecule has 12 heavy (non-hydrogen) atoms. The molecule has 0 atom stereocenters. The van der Waals surface area contributed by atoms with Gasteiger partial charge in [-0.2, -0.15) is 0 Å². The summed E-state index contributed by atoms with van der Waals surface area (Å²) in [4.78, 5) is 1.87. The van der Waals surface area contributed by atoms with Crippen molar-refractivity contribution in [3.8, 4) is 5.75 Å². The number of likely N-dealkylation sites (N-methyl/N-ethyl adjacent to an activating group) is 1. The second-order valence-electron chi connectivity index (χ2n) is 2.67. The van der Waals surface area contributed by atoms with E-state index in [1.807, 2.05) is 18.0 Å². The molecule has 3 heteroatoms. The molecular formula is C9H13NO2. The number of aromatic hydroxyl groups is 1. The largest absolute Gasteiger partial charge is 0.508 e. The number of phenolic OH excluding ortho intramolecular Hbond substituents is 1. The number of aliphatic hydroxyl groups is 1. The van der Waals surface area contributed by atoms with E-state index in [0.717, 1.165) is 5.69 Å². The summed E-state index contributed by atoms with van der Waals surface area (Å²) >= 11 is 0. The van der Waals surface area contributed by atoms with Crippen LogP contribution in [0.5, 0.6) is 5.75 Å². The highest BCUT2D eigenvalue weighted by atomic mass is 16.3. The third-order valence-electron chi connectivity index (χ3n) is 1.71. The average molecular weight is 167 g/mol. The highest BCUT2D eigenvalue weighted by Crippen LogP contribution is 2.18. The normalized spacial score (nSPS) is 9.83. The minimum Gasteiger partial charge on any atom is -0.508 e. The van der Waals surface area contributed by atoms with Crippen LogP contribution in [0.2, 0.25) is 0 Å². The van der Waals surface area contributed by atoms with Crippen molar-refractivity contribution in [1.29, 1.82) is 0 Å². The highest BCUT2D eigenvalue weighted by Gasteiger charge is 1.99. The fraction of sp³-hybridized carbons (Fsp3) is 0.333. The van der Waals surface area contributed by atoms with Crippen molar-refractivity contribution < 1.29 is 10.2 Å². The summed E-state index contributed by atoms with van der Waals surface area (Å²) in [5.41, 5.74) is 0.907. The van der Waals surface area contributed by atoms with E-state index in [2.05, 4.69) is 0 Å². The molecule has 66 valence electrons. The Morgan fingerprint density at radius 3 is 2.75 bits per heavy atom. The Bertz CT molecular complexity index is 250. The lowest BCUT2D eigenvalue weighted by atomic mass is 10.3. The number of rotatable bonds is 3. The van der Waals surface area contributed by atoms with Gasteiger partial charge in [-0.3, -0.25) is 0 Å². The van der Waals surface area contributed by atoms with Gasteiger partial charge in [-0.1, -0.05) is 6.07 Å². The second kappa shape index (κ2) is 3.97. The van der Waals surface area contributed by atoms with Crippen LogP contribution in [0.15, 0.2) is 24.3 Å². The number of nitrogens with zero attached hydrogens (tertiary/aromatic N) is 1. The first-order chi connectivity index (χ1) is 5.74. The summed E-state index contributed by atoms with van der Waals surface area (Å²) < 4.78 is 0. The topological polar surface area (TPSA) is 43.7 Å². The van der Waals surface area contributed by atoms with Gasteiger partial charge in [0.25, 0.3) is 0 Å². The number of benzene rings is 1. The Hall–Kier alpha value is -1.22. The number of anilines is 1. The molecule has 0 fully saturated rings. The summed E-state index contributed by atoms with van der Waals surface area (Å²) in [5, 5.41) is 17.8. The summed E-state index contributed by atoms with van der Waals surface area (Å²) in [6.07, 6.45) is 0. The maximum absolute atomic E-state index is 9.14. The molecule has 0 bridgehead atoms. The Kier molecular flexibility index (Phi) is 2.94. The zero-order valence-electron chi connectivity index (χ0n) is 7.07. The van der Waals surface area contributed by atoms with E-state index < -0.39 is 0 Å². The fourth-order valence-corrected chi connectivity index (χ4v) is 1.01. The Morgan fingerprint density at radius 1 is 1.42 bits per heavy atom. The number of aliphatic hydroxyl groups excluding tert-OH is 1. The number of hydrogen-bond donors (Lipinski definition) is 2. The van der Waals surface area contributed by atoms with Gasteiger partial charge < -0.3 is 15.1 Å². The summed E-state index contributed by atoms with van der Waals surface area (Å²) in [6, 6.07) is 6.94. The Balaban J connectivity index is 2.73. The van der Waals surface area contributed by atoms with Crippen molar-refractivity contribution >= 4 is 5.69 Å². The monoisotopic (exact) mass is 167 g/mol. The number of phenols is 1. The molecule has 1 aromatic rings. The lowest BCUT2D eigenvalue weighted by molar-refractivity contribution is 0.304. The zero-order chi connectivity index (χ0) is 8.97. The standard InChI is InChI=1S/C9H13NO2/c1-10(5-6-11)8-3-2-4-9(12)7-8/h2-4,7,11-12H,5-6H2,1H3. The molecule has 0 aliphatic rings. The van der Waals surface area contributed by atoms with Crippen molar-refractivity contribution in [2.45, 2.75) is 0 Å². The average Bonchev–Trinajstić information content (AvgIpc) is 2.05. The van der Waals surface area contributed by atoms with E-state index in [4.69, 9.17) is 10.2 Å². The van der Waals surface area contributed by atoms with E-state index in [0.29, 0.717) is 6.54 Å². The van der Waals surface area contributed by atoms with Crippen molar-refractivity contribution in [3.05, 3.63) is 24.3 Å². The fourth-order valence-electron chi connectivity index (χ4n) is 1.01. The molecule has 0 saturated heterocycles. The summed E-state index contributed by atoms with van der Waals surface area (Å²) in [7, 11) is 1.87. The van der Waals surface area contributed by atoms with Gasteiger partial charge in [0.1, 0.15) is 5.75 Å². The van der Waals surface area contributed by atoms with Gasteiger partial charge in [0.2, 0.25) is 0 Å². The van der Waals surface area contributed by atoms with E-state index in [1.54, 1.807) is 18.2 Å². The molecule has 0 aliphatic heterocycles. The molecule has 0 aromatic heterocycles. The molecule has 0 saturated carbocycles. The first kappa shape index (κ1) is 8.87. The first-order valence-corrected chi connectivity index (χ1v) is 3.85.